The lowest BCUT2D eigenvalue weighted by Gasteiger charge is -2.59. The fourth-order valence-corrected chi connectivity index (χ4v) is 7.03. The van der Waals surface area contributed by atoms with Crippen molar-refractivity contribution in [3.63, 3.8) is 0 Å². The molecule has 5 nitrogen and oxygen atoms in total. The van der Waals surface area contributed by atoms with E-state index in [1.165, 1.54) is 5.57 Å². The van der Waals surface area contributed by atoms with Gasteiger partial charge in [0.05, 0.1) is 6.10 Å². The minimum atomic E-state index is -0.359. The highest BCUT2D eigenvalue weighted by molar-refractivity contribution is 5.87. The Morgan fingerprint density at radius 2 is 1.88 bits per heavy atom. The van der Waals surface area contributed by atoms with Crippen LogP contribution in [0.4, 0.5) is 0 Å². The molecule has 4 aliphatic rings. The number of hydrogen-bond acceptors (Lipinski definition) is 4. The number of ketones is 1. The number of aliphatic hydroxyl groups is 1. The first-order valence-corrected chi connectivity index (χ1v) is 10.1. The van der Waals surface area contributed by atoms with E-state index in [-0.39, 0.29) is 35.2 Å². The molecule has 0 aromatic heterocycles. The molecule has 3 saturated carbocycles. The Labute approximate surface area is 155 Å². The molecule has 0 heterocycles. The summed E-state index contributed by atoms with van der Waals surface area (Å²) < 4.78 is 0. The number of nitrogens with one attached hydrogen (secondary N) is 1. The first-order chi connectivity index (χ1) is 12.3. The summed E-state index contributed by atoms with van der Waals surface area (Å²) in [5.41, 5.74) is 2.91. The highest BCUT2D eigenvalue weighted by Crippen LogP contribution is 2.65. The monoisotopic (exact) mass is 361 g/mol. The lowest BCUT2D eigenvalue weighted by atomic mass is 9.45. The summed E-state index contributed by atoms with van der Waals surface area (Å²) in [6.07, 6.45) is 8.26. The molecule has 5 heteroatoms. The Hall–Kier alpha value is -1.20. The largest absolute Gasteiger partial charge is 0.393 e. The first kappa shape index (κ1) is 18.2. The molecule has 3 fully saturated rings. The van der Waals surface area contributed by atoms with Gasteiger partial charge >= 0.3 is 0 Å². The van der Waals surface area contributed by atoms with Crippen LogP contribution in [0.15, 0.2) is 11.6 Å². The van der Waals surface area contributed by atoms with Gasteiger partial charge in [0.2, 0.25) is 5.91 Å². The van der Waals surface area contributed by atoms with Gasteiger partial charge in [-0.2, -0.15) is 0 Å². The Morgan fingerprint density at radius 1 is 1.19 bits per heavy atom. The third-order valence-electron chi connectivity index (χ3n) is 8.50. The Balaban J connectivity index is 1.76. The van der Waals surface area contributed by atoms with Gasteiger partial charge in [0, 0.05) is 18.3 Å². The average molecular weight is 361 g/mol. The molecule has 0 bridgehead atoms. The van der Waals surface area contributed by atoms with Crippen LogP contribution in [0.25, 0.3) is 0 Å². The highest BCUT2D eigenvalue weighted by Gasteiger charge is 2.60. The molecule has 0 radical (unpaired) electrons. The van der Waals surface area contributed by atoms with Crippen molar-refractivity contribution in [2.24, 2.45) is 34.5 Å². The molecular formula is C21H31NO4. The molecular weight excluding hydrogens is 330 g/mol. The SMILES string of the molecule is C[C@]12CCC(O)CC1=CC(CC(=O)NO)[C@@H]1[C@H]2CC[C@]2(C)C(=O)CC[C@@H]12. The molecule has 4 aliphatic carbocycles. The van der Waals surface area contributed by atoms with Gasteiger partial charge in [0.25, 0.3) is 0 Å². The fraction of sp³-hybridized carbons (Fsp3) is 0.810. The van der Waals surface area contributed by atoms with Crippen LogP contribution in [-0.4, -0.2) is 28.1 Å². The van der Waals surface area contributed by atoms with Crippen molar-refractivity contribution in [3.05, 3.63) is 11.6 Å². The quantitative estimate of drug-likeness (QED) is 0.401. The average Bonchev–Trinajstić information content (AvgIpc) is 2.91. The van der Waals surface area contributed by atoms with Gasteiger partial charge in [-0.3, -0.25) is 14.8 Å². The van der Waals surface area contributed by atoms with Crippen molar-refractivity contribution in [2.45, 2.75) is 71.3 Å². The van der Waals surface area contributed by atoms with E-state index >= 15 is 0 Å². The molecule has 0 aromatic rings. The second-order valence-corrected chi connectivity index (χ2v) is 9.62. The van der Waals surface area contributed by atoms with E-state index < -0.39 is 0 Å². The van der Waals surface area contributed by atoms with Gasteiger partial charge in [0.15, 0.2) is 0 Å². The van der Waals surface area contributed by atoms with Crippen molar-refractivity contribution >= 4 is 11.7 Å². The predicted molar refractivity (Wildman–Crippen MR) is 96.1 cm³/mol. The van der Waals surface area contributed by atoms with Crippen LogP contribution in [-0.2, 0) is 9.59 Å². The number of amides is 1. The molecule has 0 saturated heterocycles. The third-order valence-corrected chi connectivity index (χ3v) is 8.50. The van der Waals surface area contributed by atoms with Crippen LogP contribution in [0.5, 0.6) is 0 Å². The molecule has 3 N–H and O–H groups in total. The minimum Gasteiger partial charge on any atom is -0.393 e. The van der Waals surface area contributed by atoms with Crippen molar-refractivity contribution in [1.29, 1.82) is 0 Å². The van der Waals surface area contributed by atoms with Gasteiger partial charge in [-0.1, -0.05) is 25.5 Å². The summed E-state index contributed by atoms with van der Waals surface area (Å²) in [6.45, 7) is 4.47. The van der Waals surface area contributed by atoms with Crippen LogP contribution >= 0.6 is 0 Å². The van der Waals surface area contributed by atoms with Gasteiger partial charge in [-0.25, -0.2) is 5.48 Å². The topological polar surface area (TPSA) is 86.6 Å². The van der Waals surface area contributed by atoms with E-state index in [2.05, 4.69) is 19.9 Å². The van der Waals surface area contributed by atoms with E-state index in [0.29, 0.717) is 36.4 Å². The maximum atomic E-state index is 12.6. The van der Waals surface area contributed by atoms with Crippen LogP contribution in [0, 0.1) is 34.5 Å². The Kier molecular flexibility index (Phi) is 4.31. The zero-order chi connectivity index (χ0) is 18.7. The predicted octanol–water partition coefficient (Wildman–Crippen LogP) is 3.00. The van der Waals surface area contributed by atoms with Crippen LogP contribution in [0.1, 0.15) is 65.2 Å². The molecule has 0 aromatic carbocycles. The number of rotatable bonds is 2. The van der Waals surface area contributed by atoms with Gasteiger partial charge in [-0.15, -0.1) is 0 Å². The second kappa shape index (κ2) is 6.16. The smallest absolute Gasteiger partial charge is 0.243 e. The van der Waals surface area contributed by atoms with E-state index in [1.54, 1.807) is 5.48 Å². The van der Waals surface area contributed by atoms with Crippen molar-refractivity contribution < 1.29 is 19.9 Å². The fourth-order valence-electron chi connectivity index (χ4n) is 7.03. The number of hydroxylamine groups is 1. The van der Waals surface area contributed by atoms with Gasteiger partial charge < -0.3 is 5.11 Å². The Bertz CT molecular complexity index is 658. The maximum Gasteiger partial charge on any atom is 0.243 e. The lowest BCUT2D eigenvalue weighted by molar-refractivity contribution is -0.136. The second-order valence-electron chi connectivity index (χ2n) is 9.62. The molecule has 0 spiro atoms. The Morgan fingerprint density at radius 3 is 2.62 bits per heavy atom. The zero-order valence-corrected chi connectivity index (χ0v) is 15.8. The van der Waals surface area contributed by atoms with Crippen LogP contribution in [0.2, 0.25) is 0 Å². The third kappa shape index (κ3) is 2.50. The maximum absolute atomic E-state index is 12.6. The van der Waals surface area contributed by atoms with Gasteiger partial charge in [0.1, 0.15) is 5.78 Å². The summed E-state index contributed by atoms with van der Waals surface area (Å²) in [7, 11) is 0. The normalized spacial score (nSPS) is 47.5. The van der Waals surface area contributed by atoms with Gasteiger partial charge in [-0.05, 0) is 67.6 Å². The number of fused-ring (bicyclic) bond motifs is 5. The number of carbonyl (C=O) groups excluding carboxylic acids is 2. The summed E-state index contributed by atoms with van der Waals surface area (Å²) in [6, 6.07) is 0. The van der Waals surface area contributed by atoms with E-state index in [1.807, 2.05) is 0 Å². The lowest BCUT2D eigenvalue weighted by Crippen LogP contribution is -2.53. The molecule has 26 heavy (non-hydrogen) atoms. The van der Waals surface area contributed by atoms with Crippen molar-refractivity contribution in [3.8, 4) is 0 Å². The standard InChI is InChI=1S/C21H31NO4/c1-20-7-5-14(23)11-13(20)9-12(10-18(25)22-26)19-15-3-4-17(24)21(15,2)8-6-16(19)20/h9,12,14-16,19,23,26H,3-8,10-11H2,1-2H3,(H,22,25)/t12?,14?,15-,16+,19-,20-,21-/m0/s1. The molecule has 2 unspecified atom stereocenters. The molecule has 0 aliphatic heterocycles. The number of allylic oxidation sites excluding steroid dienone is 1. The molecule has 1 amide bonds. The zero-order valence-electron chi connectivity index (χ0n) is 15.8. The summed E-state index contributed by atoms with van der Waals surface area (Å²) in [5.74, 6) is 1.16. The number of aliphatic hydroxyl groups excluding tert-OH is 1. The molecule has 4 rings (SSSR count). The van der Waals surface area contributed by atoms with Crippen LogP contribution in [0.3, 0.4) is 0 Å². The van der Waals surface area contributed by atoms with Crippen LogP contribution < -0.4 is 5.48 Å². The van der Waals surface area contributed by atoms with Crippen molar-refractivity contribution in [2.75, 3.05) is 0 Å². The number of carbonyl (C=O) groups is 2. The van der Waals surface area contributed by atoms with E-state index in [0.717, 1.165) is 32.1 Å². The first-order valence-electron chi connectivity index (χ1n) is 10.1. The van der Waals surface area contributed by atoms with Crippen molar-refractivity contribution in [1.82, 2.24) is 5.48 Å². The summed E-state index contributed by atoms with van der Waals surface area (Å²) in [4.78, 5) is 24.6. The summed E-state index contributed by atoms with van der Waals surface area (Å²) in [5, 5.41) is 19.2. The highest BCUT2D eigenvalue weighted by atomic mass is 16.5. The summed E-state index contributed by atoms with van der Waals surface area (Å²) >= 11 is 0. The van der Waals surface area contributed by atoms with E-state index in [9.17, 15) is 14.7 Å². The number of hydrogen-bond donors (Lipinski definition) is 3. The number of Topliss-reactive ketones (excluding diaryl/α,β-unsaturated/α-hetero) is 1. The molecule has 7 atom stereocenters. The molecule has 144 valence electrons. The minimum absolute atomic E-state index is 0.0380. The van der Waals surface area contributed by atoms with E-state index in [4.69, 9.17) is 5.21 Å².